The molecular weight excluding hydrogens is 236 g/mol. The van der Waals surface area contributed by atoms with Crippen LogP contribution in [0.1, 0.15) is 37.1 Å². The second-order valence-electron chi connectivity index (χ2n) is 6.21. The predicted octanol–water partition coefficient (Wildman–Crippen LogP) is 2.61. The number of rotatable bonds is 0. The highest BCUT2D eigenvalue weighted by atomic mass is 16.3. The van der Waals surface area contributed by atoms with E-state index in [-0.39, 0.29) is 6.04 Å². The molecule has 2 N–H and O–H groups in total. The van der Waals surface area contributed by atoms with Crippen LogP contribution in [-0.2, 0) is 6.42 Å². The van der Waals surface area contributed by atoms with Crippen LogP contribution in [0.5, 0.6) is 0 Å². The highest BCUT2D eigenvalue weighted by Crippen LogP contribution is 2.44. The fourth-order valence-corrected chi connectivity index (χ4v) is 4.01. The van der Waals surface area contributed by atoms with Crippen molar-refractivity contribution in [2.24, 2.45) is 0 Å². The molecule has 0 bridgehead atoms. The fraction of sp³-hybridized carbons (Fsp3) is 0.500. The van der Waals surface area contributed by atoms with Crippen LogP contribution in [0.4, 0.5) is 0 Å². The van der Waals surface area contributed by atoms with Gasteiger partial charge in [-0.25, -0.2) is 0 Å². The van der Waals surface area contributed by atoms with Gasteiger partial charge in [0.05, 0.1) is 11.6 Å². The lowest BCUT2D eigenvalue weighted by Crippen LogP contribution is -2.51. The maximum absolute atomic E-state index is 10.8. The number of aromatic amines is 1. The van der Waals surface area contributed by atoms with Gasteiger partial charge in [0.25, 0.3) is 0 Å². The van der Waals surface area contributed by atoms with Gasteiger partial charge in [-0.15, -0.1) is 0 Å². The van der Waals surface area contributed by atoms with Crippen LogP contribution >= 0.6 is 0 Å². The second-order valence-corrected chi connectivity index (χ2v) is 6.21. The zero-order chi connectivity index (χ0) is 13.0. The normalized spacial score (nSPS) is 31.2. The first kappa shape index (κ1) is 11.5. The topological polar surface area (TPSA) is 39.3 Å². The summed E-state index contributed by atoms with van der Waals surface area (Å²) in [6.07, 6.45) is 3.08. The van der Waals surface area contributed by atoms with E-state index in [1.165, 1.54) is 22.2 Å². The molecule has 0 amide bonds. The lowest BCUT2D eigenvalue weighted by molar-refractivity contribution is -0.0749. The average Bonchev–Trinajstić information content (AvgIpc) is 2.76. The van der Waals surface area contributed by atoms with Crippen LogP contribution in [0, 0.1) is 0 Å². The van der Waals surface area contributed by atoms with Gasteiger partial charge in [-0.1, -0.05) is 18.2 Å². The number of hydrogen-bond donors (Lipinski definition) is 2. The third kappa shape index (κ3) is 1.58. The molecule has 1 aromatic heterocycles. The van der Waals surface area contributed by atoms with E-state index in [0.29, 0.717) is 0 Å². The maximum atomic E-state index is 10.8. The molecule has 1 aromatic carbocycles. The van der Waals surface area contributed by atoms with Crippen LogP contribution in [0.3, 0.4) is 0 Å². The first-order chi connectivity index (χ1) is 9.17. The zero-order valence-electron chi connectivity index (χ0n) is 11.3. The molecule has 19 heavy (non-hydrogen) atoms. The summed E-state index contributed by atoms with van der Waals surface area (Å²) in [4.78, 5) is 6.01. The van der Waals surface area contributed by atoms with Crippen molar-refractivity contribution in [3.8, 4) is 0 Å². The minimum absolute atomic E-state index is 0.136. The van der Waals surface area contributed by atoms with Gasteiger partial charge < -0.3 is 10.1 Å². The van der Waals surface area contributed by atoms with E-state index in [1.54, 1.807) is 0 Å². The number of fused-ring (bicyclic) bond motifs is 5. The van der Waals surface area contributed by atoms with Gasteiger partial charge in [-0.05, 0) is 44.4 Å². The van der Waals surface area contributed by atoms with E-state index < -0.39 is 5.60 Å². The number of nitrogens with one attached hydrogen (secondary N) is 1. The Bertz CT molecular complexity index is 629. The number of benzene rings is 1. The summed E-state index contributed by atoms with van der Waals surface area (Å²) in [5.41, 5.74) is 3.25. The first-order valence-electron chi connectivity index (χ1n) is 7.23. The molecule has 4 rings (SSSR count). The molecule has 0 saturated carbocycles. The van der Waals surface area contributed by atoms with Gasteiger partial charge in [0.15, 0.2) is 0 Å². The number of H-pyrrole nitrogens is 1. The van der Waals surface area contributed by atoms with Gasteiger partial charge >= 0.3 is 0 Å². The molecule has 1 saturated heterocycles. The van der Waals surface area contributed by atoms with Crippen molar-refractivity contribution in [3.63, 3.8) is 0 Å². The smallest absolute Gasteiger partial charge is 0.0830 e. The molecule has 2 aliphatic heterocycles. The molecule has 2 unspecified atom stereocenters. The largest absolute Gasteiger partial charge is 0.388 e. The highest BCUT2D eigenvalue weighted by Gasteiger charge is 2.44. The third-order valence-corrected chi connectivity index (χ3v) is 4.85. The zero-order valence-corrected chi connectivity index (χ0v) is 11.3. The van der Waals surface area contributed by atoms with Crippen LogP contribution in [0.15, 0.2) is 24.3 Å². The minimum Gasteiger partial charge on any atom is -0.388 e. The summed E-state index contributed by atoms with van der Waals surface area (Å²) in [5, 5.41) is 12.1. The molecule has 3 nitrogen and oxygen atoms in total. The Morgan fingerprint density at radius 2 is 2.16 bits per heavy atom. The second kappa shape index (κ2) is 3.84. The average molecular weight is 256 g/mol. The molecule has 1 fully saturated rings. The first-order valence-corrected chi connectivity index (χ1v) is 7.23. The summed E-state index contributed by atoms with van der Waals surface area (Å²) in [7, 11) is 0. The van der Waals surface area contributed by atoms with Crippen molar-refractivity contribution >= 4 is 10.9 Å². The third-order valence-electron chi connectivity index (χ3n) is 4.85. The number of aromatic nitrogens is 1. The van der Waals surface area contributed by atoms with Gasteiger partial charge in [0.1, 0.15) is 0 Å². The summed E-state index contributed by atoms with van der Waals surface area (Å²) >= 11 is 0. The Balaban J connectivity index is 1.93. The van der Waals surface area contributed by atoms with Gasteiger partial charge in [-0.3, -0.25) is 4.90 Å². The molecule has 0 spiro atoms. The Morgan fingerprint density at radius 1 is 1.32 bits per heavy atom. The van der Waals surface area contributed by atoms with E-state index >= 15 is 0 Å². The van der Waals surface area contributed by atoms with E-state index in [1.807, 2.05) is 6.92 Å². The summed E-state index contributed by atoms with van der Waals surface area (Å²) in [5.74, 6) is 0. The van der Waals surface area contributed by atoms with E-state index in [9.17, 15) is 5.11 Å². The van der Waals surface area contributed by atoms with E-state index in [0.717, 1.165) is 32.4 Å². The molecule has 100 valence electrons. The Hall–Kier alpha value is -1.32. The fourth-order valence-electron chi connectivity index (χ4n) is 4.01. The van der Waals surface area contributed by atoms with Crippen molar-refractivity contribution in [2.75, 3.05) is 13.1 Å². The van der Waals surface area contributed by atoms with Crippen LogP contribution in [0.2, 0.25) is 0 Å². The highest BCUT2D eigenvalue weighted by molar-refractivity contribution is 5.85. The Kier molecular flexibility index (Phi) is 2.32. The molecule has 0 radical (unpaired) electrons. The molecule has 0 aliphatic carbocycles. The van der Waals surface area contributed by atoms with Crippen molar-refractivity contribution < 1.29 is 5.11 Å². The van der Waals surface area contributed by atoms with Gasteiger partial charge in [-0.2, -0.15) is 0 Å². The van der Waals surface area contributed by atoms with Gasteiger partial charge in [0.2, 0.25) is 0 Å². The van der Waals surface area contributed by atoms with Crippen LogP contribution in [0.25, 0.3) is 10.9 Å². The quantitative estimate of drug-likeness (QED) is 0.760. The molecule has 2 aliphatic rings. The lowest BCUT2D eigenvalue weighted by atomic mass is 9.80. The van der Waals surface area contributed by atoms with Gasteiger partial charge in [0, 0.05) is 23.1 Å². The van der Waals surface area contributed by atoms with Crippen molar-refractivity contribution in [2.45, 2.75) is 37.8 Å². The summed E-state index contributed by atoms with van der Waals surface area (Å²) in [6, 6.07) is 8.63. The number of nitrogens with zero attached hydrogens (tertiary/aromatic N) is 1. The van der Waals surface area contributed by atoms with Crippen molar-refractivity contribution in [1.82, 2.24) is 9.88 Å². The monoisotopic (exact) mass is 256 g/mol. The molecule has 3 heterocycles. The van der Waals surface area contributed by atoms with E-state index in [4.69, 9.17) is 0 Å². The Labute approximate surface area is 113 Å². The number of para-hydroxylation sites is 1. The molecule has 2 aromatic rings. The Morgan fingerprint density at radius 3 is 3.05 bits per heavy atom. The maximum Gasteiger partial charge on any atom is 0.0830 e. The van der Waals surface area contributed by atoms with Crippen LogP contribution < -0.4 is 0 Å². The predicted molar refractivity (Wildman–Crippen MR) is 76.2 cm³/mol. The van der Waals surface area contributed by atoms with Crippen LogP contribution in [-0.4, -0.2) is 33.7 Å². The van der Waals surface area contributed by atoms with E-state index in [2.05, 4.69) is 34.1 Å². The molecular formula is C16H20N2O. The number of piperidine rings is 1. The lowest BCUT2D eigenvalue weighted by Gasteiger charge is -2.47. The minimum atomic E-state index is -0.617. The van der Waals surface area contributed by atoms with Crippen molar-refractivity contribution in [3.05, 3.63) is 35.5 Å². The summed E-state index contributed by atoms with van der Waals surface area (Å²) in [6.45, 7) is 4.16. The standard InChI is InChI=1S/C16H20N2O/c1-16(19)8-4-9-18-10-7-12-11-5-2-3-6-13(11)17-14(12)15(16)18/h2-3,5-6,15,17,19H,4,7-10H2,1H3. The number of hydrogen-bond acceptors (Lipinski definition) is 2. The molecule has 3 heteroatoms. The van der Waals surface area contributed by atoms with Crippen molar-refractivity contribution in [1.29, 1.82) is 0 Å². The summed E-state index contributed by atoms with van der Waals surface area (Å²) < 4.78 is 0. The SMILES string of the molecule is CC1(O)CCCN2CCc3c([nH]c4ccccc34)C21. The molecule has 2 atom stereocenters. The number of aliphatic hydroxyl groups is 1.